The maximum absolute atomic E-state index is 12.5. The molecular weight excluding hydrogens is 224 g/mol. The third kappa shape index (κ3) is 2.56. The molecule has 0 fully saturated rings. The molecule has 1 aliphatic rings. The van der Waals surface area contributed by atoms with Crippen LogP contribution < -0.4 is 10.6 Å². The van der Waals surface area contributed by atoms with Gasteiger partial charge in [-0.05, 0) is 36.9 Å². The molecule has 0 bridgehead atoms. The molecule has 18 heavy (non-hydrogen) atoms. The molecule has 98 valence electrons. The van der Waals surface area contributed by atoms with Crippen LogP contribution in [0.2, 0.25) is 0 Å². The first-order chi connectivity index (χ1) is 8.63. The fraction of sp³-hybridized carbons (Fsp3) is 0.533. The fourth-order valence-electron chi connectivity index (χ4n) is 2.64. The van der Waals surface area contributed by atoms with Gasteiger partial charge in [-0.3, -0.25) is 4.79 Å². The van der Waals surface area contributed by atoms with Crippen LogP contribution in [0.15, 0.2) is 24.3 Å². The Morgan fingerprint density at radius 1 is 1.50 bits per heavy atom. The lowest BCUT2D eigenvalue weighted by Gasteiger charge is -2.34. The van der Waals surface area contributed by atoms with Crippen LogP contribution in [0.5, 0.6) is 0 Å². The zero-order valence-corrected chi connectivity index (χ0v) is 11.2. The predicted octanol–water partition coefficient (Wildman–Crippen LogP) is 2.20. The normalized spacial score (nSPS) is 20.4. The standard InChI is InChI=1S/C15H22N2O/c1-11-9-13-5-3-4-6-14(13)17(10-11)15(18)12(2)7-8-16/h3-6,11-12H,7-10,16H2,1-2H3. The molecule has 1 amide bonds. The largest absolute Gasteiger partial charge is 0.330 e. The van der Waals surface area contributed by atoms with Crippen molar-refractivity contribution in [1.82, 2.24) is 0 Å². The van der Waals surface area contributed by atoms with E-state index >= 15 is 0 Å². The first-order valence-electron chi connectivity index (χ1n) is 6.72. The minimum atomic E-state index is 0.00774. The van der Waals surface area contributed by atoms with Crippen LogP contribution in [-0.4, -0.2) is 19.0 Å². The Bertz CT molecular complexity index is 430. The van der Waals surface area contributed by atoms with E-state index in [1.165, 1.54) is 5.56 Å². The Morgan fingerprint density at radius 2 is 2.22 bits per heavy atom. The summed E-state index contributed by atoms with van der Waals surface area (Å²) in [5.74, 6) is 0.738. The topological polar surface area (TPSA) is 46.3 Å². The summed E-state index contributed by atoms with van der Waals surface area (Å²) in [6.45, 7) is 5.56. The number of carbonyl (C=O) groups excluding carboxylic acids is 1. The number of hydrogen-bond donors (Lipinski definition) is 1. The quantitative estimate of drug-likeness (QED) is 0.888. The van der Waals surface area contributed by atoms with E-state index in [9.17, 15) is 4.79 Å². The Morgan fingerprint density at radius 3 is 2.94 bits per heavy atom. The van der Waals surface area contributed by atoms with Crippen molar-refractivity contribution in [3.05, 3.63) is 29.8 Å². The monoisotopic (exact) mass is 246 g/mol. The molecule has 0 spiro atoms. The molecule has 1 heterocycles. The molecule has 2 unspecified atom stereocenters. The number of para-hydroxylation sites is 1. The Hall–Kier alpha value is -1.35. The summed E-state index contributed by atoms with van der Waals surface area (Å²) in [5.41, 5.74) is 7.92. The molecule has 0 saturated heterocycles. The lowest BCUT2D eigenvalue weighted by molar-refractivity contribution is -0.122. The second-order valence-corrected chi connectivity index (χ2v) is 5.37. The summed E-state index contributed by atoms with van der Waals surface area (Å²) in [6, 6.07) is 8.22. The van der Waals surface area contributed by atoms with Crippen molar-refractivity contribution >= 4 is 11.6 Å². The van der Waals surface area contributed by atoms with Gasteiger partial charge < -0.3 is 10.6 Å². The van der Waals surface area contributed by atoms with E-state index < -0.39 is 0 Å². The number of benzene rings is 1. The molecule has 2 atom stereocenters. The maximum atomic E-state index is 12.5. The van der Waals surface area contributed by atoms with Gasteiger partial charge in [0.25, 0.3) is 0 Å². The van der Waals surface area contributed by atoms with E-state index in [-0.39, 0.29) is 11.8 Å². The third-order valence-electron chi connectivity index (χ3n) is 3.63. The second-order valence-electron chi connectivity index (χ2n) is 5.37. The van der Waals surface area contributed by atoms with Gasteiger partial charge in [0.15, 0.2) is 0 Å². The first-order valence-corrected chi connectivity index (χ1v) is 6.72. The molecule has 3 nitrogen and oxygen atoms in total. The molecule has 1 aliphatic heterocycles. The first kappa shape index (κ1) is 13.1. The summed E-state index contributed by atoms with van der Waals surface area (Å²) in [5, 5.41) is 0. The van der Waals surface area contributed by atoms with Crippen LogP contribution in [0.4, 0.5) is 5.69 Å². The van der Waals surface area contributed by atoms with E-state index in [1.54, 1.807) is 0 Å². The van der Waals surface area contributed by atoms with Gasteiger partial charge in [-0.2, -0.15) is 0 Å². The van der Waals surface area contributed by atoms with Crippen molar-refractivity contribution in [2.24, 2.45) is 17.6 Å². The lowest BCUT2D eigenvalue weighted by Crippen LogP contribution is -2.42. The molecule has 0 aromatic heterocycles. The number of nitrogens with zero attached hydrogens (tertiary/aromatic N) is 1. The highest BCUT2D eigenvalue weighted by Crippen LogP contribution is 2.30. The predicted molar refractivity (Wildman–Crippen MR) is 74.5 cm³/mol. The molecule has 2 N–H and O–H groups in total. The van der Waals surface area contributed by atoms with Crippen molar-refractivity contribution in [1.29, 1.82) is 0 Å². The van der Waals surface area contributed by atoms with Crippen LogP contribution >= 0.6 is 0 Å². The van der Waals surface area contributed by atoms with Gasteiger partial charge in [0.05, 0.1) is 0 Å². The van der Waals surface area contributed by atoms with Gasteiger partial charge in [0.2, 0.25) is 5.91 Å². The molecule has 3 heteroatoms. The number of amides is 1. The average Bonchev–Trinajstić information content (AvgIpc) is 2.37. The van der Waals surface area contributed by atoms with Gasteiger partial charge in [-0.15, -0.1) is 0 Å². The highest BCUT2D eigenvalue weighted by atomic mass is 16.2. The van der Waals surface area contributed by atoms with Crippen LogP contribution in [0, 0.1) is 11.8 Å². The molecule has 0 saturated carbocycles. The fourth-order valence-corrected chi connectivity index (χ4v) is 2.64. The van der Waals surface area contributed by atoms with Crippen LogP contribution in [0.1, 0.15) is 25.8 Å². The third-order valence-corrected chi connectivity index (χ3v) is 3.63. The van der Waals surface area contributed by atoms with Crippen LogP contribution in [0.25, 0.3) is 0 Å². The molecule has 0 radical (unpaired) electrons. The van der Waals surface area contributed by atoms with Gasteiger partial charge in [0, 0.05) is 18.2 Å². The Balaban J connectivity index is 2.26. The zero-order valence-electron chi connectivity index (χ0n) is 11.2. The minimum Gasteiger partial charge on any atom is -0.330 e. The van der Waals surface area contributed by atoms with Gasteiger partial charge in [-0.1, -0.05) is 32.0 Å². The van der Waals surface area contributed by atoms with E-state index in [2.05, 4.69) is 13.0 Å². The summed E-state index contributed by atoms with van der Waals surface area (Å²) in [6.07, 6.45) is 1.82. The van der Waals surface area contributed by atoms with Crippen molar-refractivity contribution < 1.29 is 4.79 Å². The number of rotatable bonds is 3. The van der Waals surface area contributed by atoms with Crippen molar-refractivity contribution in [3.63, 3.8) is 0 Å². The lowest BCUT2D eigenvalue weighted by atomic mass is 9.92. The highest BCUT2D eigenvalue weighted by Gasteiger charge is 2.28. The summed E-state index contributed by atoms with van der Waals surface area (Å²) < 4.78 is 0. The zero-order chi connectivity index (χ0) is 13.1. The van der Waals surface area contributed by atoms with Crippen molar-refractivity contribution in [2.75, 3.05) is 18.0 Å². The van der Waals surface area contributed by atoms with E-state index in [0.29, 0.717) is 12.5 Å². The van der Waals surface area contributed by atoms with E-state index in [0.717, 1.165) is 25.1 Å². The Labute approximate surface area is 109 Å². The molecule has 1 aromatic rings. The average molecular weight is 246 g/mol. The number of carbonyl (C=O) groups is 1. The van der Waals surface area contributed by atoms with Crippen molar-refractivity contribution in [2.45, 2.75) is 26.7 Å². The number of hydrogen-bond acceptors (Lipinski definition) is 2. The SMILES string of the molecule is CC1Cc2ccccc2N(C(=O)C(C)CCN)C1. The Kier molecular flexibility index (Phi) is 4.02. The summed E-state index contributed by atoms with van der Waals surface area (Å²) in [7, 11) is 0. The molecule has 2 rings (SSSR count). The van der Waals surface area contributed by atoms with Crippen molar-refractivity contribution in [3.8, 4) is 0 Å². The molecule has 0 aliphatic carbocycles. The van der Waals surface area contributed by atoms with Gasteiger partial charge >= 0.3 is 0 Å². The van der Waals surface area contributed by atoms with Crippen LogP contribution in [-0.2, 0) is 11.2 Å². The van der Waals surface area contributed by atoms with Gasteiger partial charge in [0.1, 0.15) is 0 Å². The summed E-state index contributed by atoms with van der Waals surface area (Å²) in [4.78, 5) is 14.4. The van der Waals surface area contributed by atoms with E-state index in [4.69, 9.17) is 5.73 Å². The van der Waals surface area contributed by atoms with E-state index in [1.807, 2.05) is 30.0 Å². The number of anilines is 1. The number of fused-ring (bicyclic) bond motifs is 1. The highest BCUT2D eigenvalue weighted by molar-refractivity contribution is 5.96. The minimum absolute atomic E-state index is 0.00774. The number of nitrogens with two attached hydrogens (primary N) is 1. The second kappa shape index (κ2) is 5.53. The summed E-state index contributed by atoms with van der Waals surface area (Å²) >= 11 is 0. The maximum Gasteiger partial charge on any atom is 0.229 e. The van der Waals surface area contributed by atoms with Gasteiger partial charge in [-0.25, -0.2) is 0 Å². The molecular formula is C15H22N2O. The molecule has 1 aromatic carbocycles. The van der Waals surface area contributed by atoms with Crippen LogP contribution in [0.3, 0.4) is 0 Å². The smallest absolute Gasteiger partial charge is 0.229 e.